The number of Topliss-reactive ketones (excluding diaryl/α,β-unsaturated/α-hetero) is 1. The second kappa shape index (κ2) is 12.4. The van der Waals surface area contributed by atoms with Gasteiger partial charge >= 0.3 is 6.18 Å². The van der Waals surface area contributed by atoms with Crippen LogP contribution in [0.2, 0.25) is 0 Å². The van der Waals surface area contributed by atoms with Crippen LogP contribution < -0.4 is 14.5 Å². The van der Waals surface area contributed by atoms with Gasteiger partial charge in [-0.2, -0.15) is 18.2 Å². The fourth-order valence-electron chi connectivity index (χ4n) is 5.47. The van der Waals surface area contributed by atoms with Crippen molar-refractivity contribution in [2.24, 2.45) is 5.92 Å². The van der Waals surface area contributed by atoms with Gasteiger partial charge in [0.05, 0.1) is 13.5 Å². The molecule has 12 heteroatoms. The summed E-state index contributed by atoms with van der Waals surface area (Å²) < 4.78 is 52.0. The van der Waals surface area contributed by atoms with Gasteiger partial charge in [-0.3, -0.25) is 9.59 Å². The number of alkyl halides is 3. The number of carbonyl (C=O) groups excluding carboxylic acids is 2. The number of halogens is 3. The maximum Gasteiger partial charge on any atom is 0.437 e. The molecule has 0 saturated carbocycles. The third-order valence-electron chi connectivity index (χ3n) is 7.73. The van der Waals surface area contributed by atoms with Crippen LogP contribution in [0.1, 0.15) is 47.1 Å². The number of pyridine rings is 1. The minimum absolute atomic E-state index is 0.0181. The molecule has 3 aromatic rings. The van der Waals surface area contributed by atoms with E-state index in [1.54, 1.807) is 24.1 Å². The summed E-state index contributed by atoms with van der Waals surface area (Å²) in [6.45, 7) is 5.29. The van der Waals surface area contributed by atoms with E-state index >= 15 is 0 Å². The van der Waals surface area contributed by atoms with Gasteiger partial charge in [-0.1, -0.05) is 31.2 Å². The molecule has 4 heterocycles. The predicted molar refractivity (Wildman–Crippen MR) is 150 cm³/mol. The summed E-state index contributed by atoms with van der Waals surface area (Å²) in [5.74, 6) is 0.0918. The van der Waals surface area contributed by atoms with Gasteiger partial charge in [-0.05, 0) is 36.5 Å². The summed E-state index contributed by atoms with van der Waals surface area (Å²) in [4.78, 5) is 39.5. The Labute approximate surface area is 242 Å². The third kappa shape index (κ3) is 6.69. The van der Waals surface area contributed by atoms with Crippen molar-refractivity contribution in [3.05, 3.63) is 65.2 Å². The molecule has 2 aromatic heterocycles. The molecule has 0 spiro atoms. The van der Waals surface area contributed by atoms with Crippen LogP contribution in [0.5, 0.6) is 5.75 Å². The van der Waals surface area contributed by atoms with Gasteiger partial charge in [0.25, 0.3) is 6.01 Å². The van der Waals surface area contributed by atoms with E-state index in [0.717, 1.165) is 18.4 Å². The van der Waals surface area contributed by atoms with Crippen LogP contribution in [0.25, 0.3) is 0 Å². The maximum absolute atomic E-state index is 13.7. The molecule has 1 unspecified atom stereocenters. The van der Waals surface area contributed by atoms with Gasteiger partial charge in [0.1, 0.15) is 11.6 Å². The molecule has 1 atom stereocenters. The lowest BCUT2D eigenvalue weighted by Crippen LogP contribution is -2.49. The lowest BCUT2D eigenvalue weighted by atomic mass is 10.0. The Morgan fingerprint density at radius 2 is 1.79 bits per heavy atom. The second-order valence-corrected chi connectivity index (χ2v) is 10.8. The predicted octanol–water partition coefficient (Wildman–Crippen LogP) is 4.65. The molecule has 0 bridgehead atoms. The fourth-order valence-corrected chi connectivity index (χ4v) is 5.47. The van der Waals surface area contributed by atoms with Gasteiger partial charge in [-0.25, -0.2) is 4.98 Å². The smallest absolute Gasteiger partial charge is 0.437 e. The van der Waals surface area contributed by atoms with Crippen LogP contribution in [0, 0.1) is 5.92 Å². The molecule has 2 fully saturated rings. The molecule has 0 N–H and O–H groups in total. The van der Waals surface area contributed by atoms with Crippen molar-refractivity contribution in [2.75, 3.05) is 56.2 Å². The number of ether oxygens (including phenoxy) is 1. The summed E-state index contributed by atoms with van der Waals surface area (Å²) in [5.41, 5.74) is 0.0136. The van der Waals surface area contributed by atoms with Crippen LogP contribution in [0.3, 0.4) is 0 Å². The number of nitrogens with zero attached hydrogens (tertiary/aromatic N) is 5. The average Bonchev–Trinajstić information content (AvgIpc) is 3.45. The molecular weight excluding hydrogens is 551 g/mol. The van der Waals surface area contributed by atoms with Crippen LogP contribution in [0.15, 0.2) is 47.0 Å². The molecule has 42 heavy (non-hydrogen) atoms. The number of ketones is 1. The first kappa shape index (κ1) is 29.4. The second-order valence-electron chi connectivity index (χ2n) is 10.8. The van der Waals surface area contributed by atoms with Crippen molar-refractivity contribution in [1.29, 1.82) is 0 Å². The molecule has 0 aliphatic carbocycles. The molecule has 2 aliphatic rings. The highest BCUT2D eigenvalue weighted by molar-refractivity contribution is 5.96. The van der Waals surface area contributed by atoms with Crippen LogP contribution in [0.4, 0.5) is 25.0 Å². The first-order chi connectivity index (χ1) is 20.1. The van der Waals surface area contributed by atoms with E-state index in [4.69, 9.17) is 9.15 Å². The summed E-state index contributed by atoms with van der Waals surface area (Å²) in [6, 6.07) is 10.7. The zero-order valence-electron chi connectivity index (χ0n) is 23.7. The number of methoxy groups -OCH3 is 1. The number of hydrogen-bond donors (Lipinski definition) is 0. The Morgan fingerprint density at radius 1 is 1.02 bits per heavy atom. The minimum Gasteiger partial charge on any atom is -0.496 e. The number of benzene rings is 1. The third-order valence-corrected chi connectivity index (χ3v) is 7.73. The van der Waals surface area contributed by atoms with Crippen molar-refractivity contribution in [1.82, 2.24) is 14.9 Å². The Balaban J connectivity index is 1.19. The van der Waals surface area contributed by atoms with Gasteiger partial charge in [0, 0.05) is 57.4 Å². The monoisotopic (exact) mass is 585 g/mol. The zero-order valence-corrected chi connectivity index (χ0v) is 23.7. The summed E-state index contributed by atoms with van der Waals surface area (Å²) in [5, 5.41) is 0. The van der Waals surface area contributed by atoms with E-state index in [1.807, 2.05) is 41.0 Å². The largest absolute Gasteiger partial charge is 0.496 e. The highest BCUT2D eigenvalue weighted by atomic mass is 19.4. The molecule has 224 valence electrons. The summed E-state index contributed by atoms with van der Waals surface area (Å²) in [6.07, 6.45) is -1.57. The van der Waals surface area contributed by atoms with Crippen molar-refractivity contribution < 1.29 is 31.9 Å². The van der Waals surface area contributed by atoms with Crippen molar-refractivity contribution in [2.45, 2.75) is 38.8 Å². The number of carbonyl (C=O) groups is 2. The topological polar surface area (TPSA) is 92.0 Å². The number of piperazine rings is 1. The zero-order chi connectivity index (χ0) is 29.9. The van der Waals surface area contributed by atoms with Crippen LogP contribution in [-0.2, 0) is 23.8 Å². The normalized spacial score (nSPS) is 17.8. The number of para-hydroxylation sites is 1. The minimum atomic E-state index is -4.81. The number of rotatable bonds is 8. The molecule has 1 aromatic carbocycles. The summed E-state index contributed by atoms with van der Waals surface area (Å²) in [7, 11) is 1.58. The van der Waals surface area contributed by atoms with Gasteiger partial charge in [0.15, 0.2) is 5.69 Å². The number of oxazole rings is 1. The van der Waals surface area contributed by atoms with E-state index in [1.165, 1.54) is 6.20 Å². The highest BCUT2D eigenvalue weighted by Crippen LogP contribution is 2.35. The summed E-state index contributed by atoms with van der Waals surface area (Å²) >= 11 is 0. The Hall–Kier alpha value is -4.09. The van der Waals surface area contributed by atoms with Crippen LogP contribution in [-0.4, -0.2) is 72.9 Å². The van der Waals surface area contributed by atoms with Gasteiger partial charge in [-0.15, -0.1) is 0 Å². The molecule has 9 nitrogen and oxygen atoms in total. The number of piperidine rings is 1. The van der Waals surface area contributed by atoms with Gasteiger partial charge in [0.2, 0.25) is 17.5 Å². The van der Waals surface area contributed by atoms with E-state index in [2.05, 4.69) is 9.97 Å². The van der Waals surface area contributed by atoms with Crippen LogP contribution >= 0.6 is 0 Å². The van der Waals surface area contributed by atoms with Crippen molar-refractivity contribution in [3.63, 3.8) is 0 Å². The van der Waals surface area contributed by atoms with Crippen molar-refractivity contribution >= 4 is 23.5 Å². The SMILES string of the molecule is COc1ccccc1CC(=O)N1CCN(c2ccc(CC(=O)c3oc(N4CCCC(C)C4)nc3C(F)(F)F)cn2)CC1. The molecule has 2 saturated heterocycles. The van der Waals surface area contributed by atoms with E-state index in [0.29, 0.717) is 62.3 Å². The van der Waals surface area contributed by atoms with Gasteiger partial charge < -0.3 is 23.9 Å². The van der Waals surface area contributed by atoms with E-state index < -0.39 is 23.4 Å². The Bertz CT molecular complexity index is 1400. The lowest BCUT2D eigenvalue weighted by Gasteiger charge is -2.35. The quantitative estimate of drug-likeness (QED) is 0.353. The Kier molecular flexibility index (Phi) is 8.69. The first-order valence-electron chi connectivity index (χ1n) is 14.1. The lowest BCUT2D eigenvalue weighted by molar-refractivity contribution is -0.141. The number of aromatic nitrogens is 2. The number of hydrogen-bond acceptors (Lipinski definition) is 8. The highest BCUT2D eigenvalue weighted by Gasteiger charge is 2.42. The first-order valence-corrected chi connectivity index (χ1v) is 14.1. The molecule has 2 aliphatic heterocycles. The molecular formula is C30H34F3N5O4. The number of amides is 1. The standard InChI is InChI=1S/C30H34F3N5O4/c1-20-6-5-11-38(19-20)29-35-28(30(31,32)33)27(42-29)23(39)16-21-9-10-25(34-18-21)36-12-14-37(15-13-36)26(40)17-22-7-3-4-8-24(22)41-2/h3-4,7-10,18,20H,5-6,11-17,19H2,1-2H3. The van der Waals surface area contributed by atoms with E-state index in [-0.39, 0.29) is 24.8 Å². The molecule has 1 amide bonds. The Morgan fingerprint density at radius 3 is 2.45 bits per heavy atom. The number of anilines is 2. The maximum atomic E-state index is 13.7. The molecule has 5 rings (SSSR count). The molecule has 0 radical (unpaired) electrons. The average molecular weight is 586 g/mol. The van der Waals surface area contributed by atoms with E-state index in [9.17, 15) is 22.8 Å². The fraction of sp³-hybridized carbons (Fsp3) is 0.467. The van der Waals surface area contributed by atoms with Crippen molar-refractivity contribution in [3.8, 4) is 5.75 Å².